The first kappa shape index (κ1) is 15.2. The Morgan fingerprint density at radius 2 is 2.04 bits per heavy atom. The fourth-order valence-corrected chi connectivity index (χ4v) is 3.99. The number of fused-ring (bicyclic) bond motifs is 2. The Bertz CT molecular complexity index is 544. The molecular weight excluding hydrogens is 288 g/mol. The lowest BCUT2D eigenvalue weighted by atomic mass is 9.91. The summed E-state index contributed by atoms with van der Waals surface area (Å²) in [6.45, 7) is 2.92. The number of morpholine rings is 1. The molecule has 2 saturated heterocycles. The van der Waals surface area contributed by atoms with Gasteiger partial charge in [0.05, 0.1) is 18.1 Å². The average molecular weight is 314 g/mol. The molecule has 0 unspecified atom stereocenters. The molecular formula is C19H26N2O2. The first-order valence-corrected chi connectivity index (χ1v) is 9.00. The quantitative estimate of drug-likeness (QED) is 0.904. The number of hydrogen-bond donors (Lipinski definition) is 1. The topological polar surface area (TPSA) is 41.6 Å². The second kappa shape index (κ2) is 6.62. The van der Waals surface area contributed by atoms with Crippen LogP contribution in [0, 0.1) is 5.92 Å². The van der Waals surface area contributed by atoms with Crippen LogP contribution in [0.4, 0.5) is 0 Å². The Hall–Kier alpha value is -1.39. The molecule has 0 spiro atoms. The van der Waals surface area contributed by atoms with Crippen molar-refractivity contribution in [3.8, 4) is 0 Å². The maximum absolute atomic E-state index is 12.5. The van der Waals surface area contributed by atoms with Crippen molar-refractivity contribution >= 4 is 5.91 Å². The van der Waals surface area contributed by atoms with Gasteiger partial charge < -0.3 is 10.1 Å². The van der Waals surface area contributed by atoms with E-state index in [1.807, 2.05) is 0 Å². The van der Waals surface area contributed by atoms with Crippen molar-refractivity contribution in [3.63, 3.8) is 0 Å². The molecule has 3 fully saturated rings. The molecule has 4 nitrogen and oxygen atoms in total. The molecule has 1 N–H and O–H groups in total. The summed E-state index contributed by atoms with van der Waals surface area (Å²) in [6.07, 6.45) is 5.84. The van der Waals surface area contributed by atoms with Crippen molar-refractivity contribution in [1.29, 1.82) is 0 Å². The maximum Gasteiger partial charge on any atom is 0.226 e. The molecule has 2 bridgehead atoms. The summed E-state index contributed by atoms with van der Waals surface area (Å²) in [7, 11) is 0. The molecule has 1 aromatic carbocycles. The molecule has 1 amide bonds. The van der Waals surface area contributed by atoms with E-state index in [9.17, 15) is 4.79 Å². The Morgan fingerprint density at radius 1 is 1.22 bits per heavy atom. The SMILES string of the molecule is O=C(NC1CCC1)[C@@H]1C[C@H]2CN(CCc3ccccc3)C[C@H]1O2. The summed E-state index contributed by atoms with van der Waals surface area (Å²) in [5.41, 5.74) is 1.38. The molecule has 1 saturated carbocycles. The van der Waals surface area contributed by atoms with E-state index < -0.39 is 0 Å². The Kier molecular flexibility index (Phi) is 4.36. The van der Waals surface area contributed by atoms with Gasteiger partial charge in [-0.05, 0) is 37.7 Å². The van der Waals surface area contributed by atoms with Gasteiger partial charge in [0.2, 0.25) is 5.91 Å². The normalized spacial score (nSPS) is 30.9. The highest BCUT2D eigenvalue weighted by Gasteiger charge is 2.44. The largest absolute Gasteiger partial charge is 0.371 e. The van der Waals surface area contributed by atoms with E-state index in [-0.39, 0.29) is 24.0 Å². The van der Waals surface area contributed by atoms with Gasteiger partial charge >= 0.3 is 0 Å². The van der Waals surface area contributed by atoms with E-state index in [4.69, 9.17) is 4.74 Å². The van der Waals surface area contributed by atoms with E-state index >= 15 is 0 Å². The van der Waals surface area contributed by atoms with Crippen LogP contribution in [0.1, 0.15) is 31.2 Å². The molecule has 1 aromatic rings. The lowest BCUT2D eigenvalue weighted by molar-refractivity contribution is -0.129. The van der Waals surface area contributed by atoms with Crippen molar-refractivity contribution in [2.75, 3.05) is 19.6 Å². The predicted octanol–water partition coefficient (Wildman–Crippen LogP) is 1.99. The van der Waals surface area contributed by atoms with Crippen LogP contribution < -0.4 is 5.32 Å². The fourth-order valence-electron chi connectivity index (χ4n) is 3.99. The highest BCUT2D eigenvalue weighted by Crippen LogP contribution is 2.32. The number of ether oxygens (including phenoxy) is 1. The number of hydrogen-bond acceptors (Lipinski definition) is 3. The summed E-state index contributed by atoms with van der Waals surface area (Å²) >= 11 is 0. The lowest BCUT2D eigenvalue weighted by Gasteiger charge is -2.33. The molecule has 2 heterocycles. The predicted molar refractivity (Wildman–Crippen MR) is 89.1 cm³/mol. The van der Waals surface area contributed by atoms with Crippen LogP contribution in [0.3, 0.4) is 0 Å². The third-order valence-electron chi connectivity index (χ3n) is 5.58. The molecule has 2 aliphatic heterocycles. The Morgan fingerprint density at radius 3 is 2.78 bits per heavy atom. The van der Waals surface area contributed by atoms with Gasteiger partial charge in [-0.3, -0.25) is 9.69 Å². The smallest absolute Gasteiger partial charge is 0.226 e. The zero-order valence-corrected chi connectivity index (χ0v) is 13.6. The van der Waals surface area contributed by atoms with E-state index in [1.165, 1.54) is 12.0 Å². The monoisotopic (exact) mass is 314 g/mol. The van der Waals surface area contributed by atoms with Crippen molar-refractivity contribution in [1.82, 2.24) is 10.2 Å². The van der Waals surface area contributed by atoms with E-state index in [1.54, 1.807) is 0 Å². The Balaban J connectivity index is 1.30. The molecule has 4 rings (SSSR count). The number of likely N-dealkylation sites (tertiary alicyclic amines) is 1. The molecule has 4 heteroatoms. The van der Waals surface area contributed by atoms with Gasteiger partial charge in [-0.25, -0.2) is 0 Å². The highest BCUT2D eigenvalue weighted by molar-refractivity contribution is 5.80. The van der Waals surface area contributed by atoms with Gasteiger partial charge in [0, 0.05) is 25.7 Å². The molecule has 3 aliphatic rings. The Labute approximate surface area is 138 Å². The minimum atomic E-state index is 0.0577. The van der Waals surface area contributed by atoms with Crippen LogP contribution >= 0.6 is 0 Å². The number of rotatable bonds is 5. The van der Waals surface area contributed by atoms with Crippen LogP contribution in [0.2, 0.25) is 0 Å². The fraction of sp³-hybridized carbons (Fsp3) is 0.632. The molecule has 0 radical (unpaired) electrons. The standard InChI is InChI=1S/C19H26N2O2/c22-19(20-15-7-4-8-15)17-11-16-12-21(13-18(17)23-16)10-9-14-5-2-1-3-6-14/h1-3,5-6,15-18H,4,7-13H2,(H,20,22)/t16-,17+,18+/m0/s1. The van der Waals surface area contributed by atoms with Crippen molar-refractivity contribution in [3.05, 3.63) is 35.9 Å². The van der Waals surface area contributed by atoms with Gasteiger partial charge in [0.15, 0.2) is 0 Å². The third-order valence-corrected chi connectivity index (χ3v) is 5.58. The minimum Gasteiger partial charge on any atom is -0.371 e. The number of amides is 1. The molecule has 0 aromatic heterocycles. The summed E-state index contributed by atoms with van der Waals surface area (Å²) in [4.78, 5) is 14.9. The minimum absolute atomic E-state index is 0.0577. The zero-order valence-electron chi connectivity index (χ0n) is 13.6. The van der Waals surface area contributed by atoms with E-state index in [0.717, 1.165) is 45.3 Å². The zero-order chi connectivity index (χ0) is 15.6. The van der Waals surface area contributed by atoms with Crippen LogP contribution in [-0.4, -0.2) is 48.7 Å². The number of nitrogens with one attached hydrogen (secondary N) is 1. The van der Waals surface area contributed by atoms with E-state index in [0.29, 0.717) is 6.04 Å². The van der Waals surface area contributed by atoms with Gasteiger partial charge in [-0.15, -0.1) is 0 Å². The number of carbonyl (C=O) groups is 1. The van der Waals surface area contributed by atoms with Gasteiger partial charge in [0.25, 0.3) is 0 Å². The lowest BCUT2D eigenvalue weighted by Crippen LogP contribution is -2.48. The maximum atomic E-state index is 12.5. The third kappa shape index (κ3) is 3.43. The highest BCUT2D eigenvalue weighted by atomic mass is 16.5. The number of carbonyl (C=O) groups excluding carboxylic acids is 1. The van der Waals surface area contributed by atoms with Gasteiger partial charge in [-0.1, -0.05) is 30.3 Å². The first-order valence-electron chi connectivity index (χ1n) is 9.00. The average Bonchev–Trinajstić information content (AvgIpc) is 2.84. The van der Waals surface area contributed by atoms with Crippen molar-refractivity contribution in [2.45, 2.75) is 50.4 Å². The molecule has 3 atom stereocenters. The number of nitrogens with zero attached hydrogens (tertiary/aromatic N) is 1. The molecule has 1 aliphatic carbocycles. The first-order chi connectivity index (χ1) is 11.3. The van der Waals surface area contributed by atoms with E-state index in [2.05, 4.69) is 40.5 Å². The van der Waals surface area contributed by atoms with Crippen LogP contribution in [0.15, 0.2) is 30.3 Å². The molecule has 23 heavy (non-hydrogen) atoms. The van der Waals surface area contributed by atoms with Crippen molar-refractivity contribution in [2.24, 2.45) is 5.92 Å². The van der Waals surface area contributed by atoms with Crippen LogP contribution in [-0.2, 0) is 16.0 Å². The second-order valence-electron chi connectivity index (χ2n) is 7.27. The summed E-state index contributed by atoms with van der Waals surface area (Å²) in [5.74, 6) is 0.287. The van der Waals surface area contributed by atoms with Crippen LogP contribution in [0.5, 0.6) is 0 Å². The summed E-state index contributed by atoms with van der Waals surface area (Å²) in [6, 6.07) is 11.0. The number of benzene rings is 1. The second-order valence-corrected chi connectivity index (χ2v) is 7.27. The van der Waals surface area contributed by atoms with Gasteiger partial charge in [-0.2, -0.15) is 0 Å². The van der Waals surface area contributed by atoms with Crippen molar-refractivity contribution < 1.29 is 9.53 Å². The summed E-state index contributed by atoms with van der Waals surface area (Å²) in [5, 5.41) is 3.21. The van der Waals surface area contributed by atoms with Gasteiger partial charge in [0.1, 0.15) is 0 Å². The van der Waals surface area contributed by atoms with Crippen LogP contribution in [0.25, 0.3) is 0 Å². The molecule has 124 valence electrons. The summed E-state index contributed by atoms with van der Waals surface area (Å²) < 4.78 is 6.04.